The summed E-state index contributed by atoms with van der Waals surface area (Å²) in [5, 5.41) is 0. The topological polar surface area (TPSA) is 20.3 Å². The second-order valence-corrected chi connectivity index (χ2v) is 5.50. The second kappa shape index (κ2) is 5.91. The van der Waals surface area contributed by atoms with Crippen molar-refractivity contribution >= 4 is 33.6 Å². The normalized spacial score (nSPS) is 20.9. The zero-order valence-electron chi connectivity index (χ0n) is 7.96. The lowest BCUT2D eigenvalue weighted by Crippen LogP contribution is -2.37. The van der Waals surface area contributed by atoms with Crippen molar-refractivity contribution in [2.75, 3.05) is 24.6 Å². The van der Waals surface area contributed by atoms with Crippen LogP contribution in [-0.2, 0) is 4.79 Å². The van der Waals surface area contributed by atoms with Crippen molar-refractivity contribution in [3.63, 3.8) is 0 Å². The third-order valence-electron chi connectivity index (χ3n) is 2.16. The molecule has 0 aromatic heterocycles. The van der Waals surface area contributed by atoms with Crippen LogP contribution in [0.4, 0.5) is 0 Å². The monoisotopic (exact) mass is 265 g/mol. The van der Waals surface area contributed by atoms with E-state index in [0.717, 1.165) is 31.7 Å². The zero-order chi connectivity index (χ0) is 9.68. The molecule has 0 saturated carbocycles. The number of carbonyl (C=O) groups is 1. The SMILES string of the molecule is CCC(Br)C(=O)N1CCCSCC1. The minimum atomic E-state index is 0.0237. The number of nitrogens with zero attached hydrogens (tertiary/aromatic N) is 1. The van der Waals surface area contributed by atoms with E-state index in [1.54, 1.807) is 0 Å². The van der Waals surface area contributed by atoms with Gasteiger partial charge in [-0.3, -0.25) is 4.79 Å². The number of carbonyl (C=O) groups excluding carboxylic acids is 1. The summed E-state index contributed by atoms with van der Waals surface area (Å²) in [7, 11) is 0. The molecule has 1 heterocycles. The summed E-state index contributed by atoms with van der Waals surface area (Å²) in [6, 6.07) is 0. The van der Waals surface area contributed by atoms with Crippen molar-refractivity contribution in [3.8, 4) is 0 Å². The maximum atomic E-state index is 11.8. The predicted molar refractivity (Wildman–Crippen MR) is 61.5 cm³/mol. The first-order valence-corrected chi connectivity index (χ1v) is 6.83. The average molecular weight is 266 g/mol. The lowest BCUT2D eigenvalue weighted by Gasteiger charge is -2.22. The van der Waals surface area contributed by atoms with Gasteiger partial charge in [0.05, 0.1) is 4.83 Å². The molecule has 0 spiro atoms. The van der Waals surface area contributed by atoms with Crippen LogP contribution in [0.25, 0.3) is 0 Å². The Morgan fingerprint density at radius 2 is 2.31 bits per heavy atom. The van der Waals surface area contributed by atoms with Crippen LogP contribution in [0.3, 0.4) is 0 Å². The molecule has 0 aliphatic carbocycles. The lowest BCUT2D eigenvalue weighted by atomic mass is 10.3. The summed E-state index contributed by atoms with van der Waals surface area (Å²) >= 11 is 5.35. The third-order valence-corrected chi connectivity index (χ3v) is 4.25. The van der Waals surface area contributed by atoms with Crippen LogP contribution in [-0.4, -0.2) is 40.2 Å². The molecule has 0 radical (unpaired) electrons. The quantitative estimate of drug-likeness (QED) is 0.714. The number of hydrogen-bond donors (Lipinski definition) is 0. The zero-order valence-corrected chi connectivity index (χ0v) is 10.4. The Morgan fingerprint density at radius 3 is 3.00 bits per heavy atom. The molecule has 1 unspecified atom stereocenters. The van der Waals surface area contributed by atoms with Crippen molar-refractivity contribution in [1.29, 1.82) is 0 Å². The highest BCUT2D eigenvalue weighted by atomic mass is 79.9. The Morgan fingerprint density at radius 1 is 1.54 bits per heavy atom. The van der Waals surface area contributed by atoms with E-state index in [-0.39, 0.29) is 10.7 Å². The first kappa shape index (κ1) is 11.4. The first-order chi connectivity index (χ1) is 6.25. The molecular weight excluding hydrogens is 250 g/mol. The summed E-state index contributed by atoms with van der Waals surface area (Å²) in [5.41, 5.74) is 0. The summed E-state index contributed by atoms with van der Waals surface area (Å²) < 4.78 is 0. The molecule has 0 N–H and O–H groups in total. The number of rotatable bonds is 2. The Labute approximate surface area is 92.6 Å². The van der Waals surface area contributed by atoms with Crippen molar-refractivity contribution < 1.29 is 4.79 Å². The molecule has 0 aromatic rings. The number of thioether (sulfide) groups is 1. The molecule has 0 bridgehead atoms. The maximum Gasteiger partial charge on any atom is 0.236 e. The Balaban J connectivity index is 2.43. The highest BCUT2D eigenvalue weighted by Gasteiger charge is 2.20. The molecule has 1 aliphatic rings. The van der Waals surface area contributed by atoms with E-state index in [0.29, 0.717) is 0 Å². The van der Waals surface area contributed by atoms with Gasteiger partial charge in [-0.05, 0) is 18.6 Å². The van der Waals surface area contributed by atoms with Gasteiger partial charge in [0, 0.05) is 18.8 Å². The number of amides is 1. The average Bonchev–Trinajstić information content (AvgIpc) is 2.43. The van der Waals surface area contributed by atoms with E-state index >= 15 is 0 Å². The van der Waals surface area contributed by atoms with Gasteiger partial charge in [-0.15, -0.1) is 0 Å². The number of halogens is 1. The Hall–Kier alpha value is 0.300. The van der Waals surface area contributed by atoms with Crippen LogP contribution in [0.2, 0.25) is 0 Å². The summed E-state index contributed by atoms with van der Waals surface area (Å²) in [6.07, 6.45) is 2.02. The summed E-state index contributed by atoms with van der Waals surface area (Å²) in [6.45, 7) is 3.89. The lowest BCUT2D eigenvalue weighted by molar-refractivity contribution is -0.130. The molecule has 0 aromatic carbocycles. The fourth-order valence-corrected chi connectivity index (χ4v) is 2.52. The number of alkyl halides is 1. The molecule has 2 nitrogen and oxygen atoms in total. The maximum absolute atomic E-state index is 11.8. The molecule has 1 amide bonds. The Kier molecular flexibility index (Phi) is 5.17. The van der Waals surface area contributed by atoms with Gasteiger partial charge in [0.15, 0.2) is 0 Å². The largest absolute Gasteiger partial charge is 0.341 e. The van der Waals surface area contributed by atoms with Crippen LogP contribution >= 0.6 is 27.7 Å². The van der Waals surface area contributed by atoms with Gasteiger partial charge in [0.25, 0.3) is 0 Å². The van der Waals surface area contributed by atoms with Gasteiger partial charge in [-0.1, -0.05) is 22.9 Å². The van der Waals surface area contributed by atoms with Crippen molar-refractivity contribution in [3.05, 3.63) is 0 Å². The predicted octanol–water partition coefficient (Wildman–Crippen LogP) is 2.13. The van der Waals surface area contributed by atoms with Gasteiger partial charge >= 0.3 is 0 Å². The van der Waals surface area contributed by atoms with E-state index in [2.05, 4.69) is 15.9 Å². The van der Waals surface area contributed by atoms with Crippen LogP contribution in [0.5, 0.6) is 0 Å². The van der Waals surface area contributed by atoms with Crippen molar-refractivity contribution in [2.24, 2.45) is 0 Å². The van der Waals surface area contributed by atoms with Gasteiger partial charge in [-0.25, -0.2) is 0 Å². The van der Waals surface area contributed by atoms with Crippen molar-refractivity contribution in [2.45, 2.75) is 24.6 Å². The third kappa shape index (κ3) is 3.50. The molecule has 1 aliphatic heterocycles. The standard InChI is InChI=1S/C9H16BrNOS/c1-2-8(10)9(12)11-4-3-6-13-7-5-11/h8H,2-7H2,1H3. The smallest absolute Gasteiger partial charge is 0.236 e. The van der Waals surface area contributed by atoms with Gasteiger partial charge < -0.3 is 4.90 Å². The van der Waals surface area contributed by atoms with Crippen molar-refractivity contribution in [1.82, 2.24) is 4.90 Å². The highest BCUT2D eigenvalue weighted by molar-refractivity contribution is 9.10. The fraction of sp³-hybridized carbons (Fsp3) is 0.889. The molecule has 76 valence electrons. The van der Waals surface area contributed by atoms with E-state index < -0.39 is 0 Å². The molecule has 4 heteroatoms. The van der Waals surface area contributed by atoms with E-state index in [1.165, 1.54) is 5.75 Å². The summed E-state index contributed by atoms with van der Waals surface area (Å²) in [4.78, 5) is 13.8. The first-order valence-electron chi connectivity index (χ1n) is 4.76. The molecule has 13 heavy (non-hydrogen) atoms. The van der Waals surface area contributed by atoms with Crippen LogP contribution in [0, 0.1) is 0 Å². The van der Waals surface area contributed by atoms with E-state index in [1.807, 2.05) is 23.6 Å². The van der Waals surface area contributed by atoms with Crippen LogP contribution in [0.15, 0.2) is 0 Å². The number of hydrogen-bond acceptors (Lipinski definition) is 2. The van der Waals surface area contributed by atoms with E-state index in [9.17, 15) is 4.79 Å². The molecular formula is C9H16BrNOS. The molecule has 1 fully saturated rings. The van der Waals surface area contributed by atoms with E-state index in [4.69, 9.17) is 0 Å². The summed E-state index contributed by atoms with van der Waals surface area (Å²) in [5.74, 6) is 2.56. The minimum Gasteiger partial charge on any atom is -0.341 e. The Bertz CT molecular complexity index is 169. The highest BCUT2D eigenvalue weighted by Crippen LogP contribution is 2.14. The molecule has 1 rings (SSSR count). The van der Waals surface area contributed by atoms with Crippen LogP contribution in [0.1, 0.15) is 19.8 Å². The van der Waals surface area contributed by atoms with Gasteiger partial charge in [0.2, 0.25) is 5.91 Å². The van der Waals surface area contributed by atoms with Gasteiger partial charge in [-0.2, -0.15) is 11.8 Å². The van der Waals surface area contributed by atoms with Crippen LogP contribution < -0.4 is 0 Å². The fourth-order valence-electron chi connectivity index (χ4n) is 1.34. The second-order valence-electron chi connectivity index (χ2n) is 3.17. The van der Waals surface area contributed by atoms with Gasteiger partial charge in [0.1, 0.15) is 0 Å². The molecule has 1 saturated heterocycles. The minimum absolute atomic E-state index is 0.0237. The molecule has 1 atom stereocenters.